The highest BCUT2D eigenvalue weighted by Crippen LogP contribution is 2.51. The number of anilines is 1. The van der Waals surface area contributed by atoms with Crippen LogP contribution in [0.3, 0.4) is 0 Å². The maximum Gasteiger partial charge on any atom is 0.224 e. The van der Waals surface area contributed by atoms with E-state index in [0.29, 0.717) is 11.2 Å². The molecule has 1 amide bonds. The van der Waals surface area contributed by atoms with Gasteiger partial charge in [-0.05, 0) is 41.9 Å². The van der Waals surface area contributed by atoms with Crippen LogP contribution < -0.4 is 5.32 Å². The summed E-state index contributed by atoms with van der Waals surface area (Å²) in [6.07, 6.45) is 2.81. The highest BCUT2D eigenvalue weighted by atomic mass is 79.9. The number of benzene rings is 1. The van der Waals surface area contributed by atoms with Crippen LogP contribution in [0.4, 0.5) is 5.69 Å². The predicted molar refractivity (Wildman–Crippen MR) is 72.3 cm³/mol. The Bertz CT molecular complexity index is 471. The van der Waals surface area contributed by atoms with Crippen LogP contribution >= 0.6 is 15.9 Å². The minimum absolute atomic E-state index is 0.136. The second-order valence-corrected chi connectivity index (χ2v) is 6.23. The molecule has 1 heterocycles. The summed E-state index contributed by atoms with van der Waals surface area (Å²) in [5, 5.41) is 2.93. The van der Waals surface area contributed by atoms with Gasteiger partial charge in [0.25, 0.3) is 0 Å². The normalized spacial score (nSPS) is 28.2. The molecule has 0 radical (unpaired) electrons. The van der Waals surface area contributed by atoms with Crippen molar-refractivity contribution in [2.75, 3.05) is 5.32 Å². The SMILES string of the molecule is CC1CC1C(Br)c1ccc2c(c1)CCC(=O)N2. The second-order valence-electron chi connectivity index (χ2n) is 5.24. The minimum Gasteiger partial charge on any atom is -0.326 e. The molecule has 0 spiro atoms. The number of hydrogen-bond acceptors (Lipinski definition) is 1. The van der Waals surface area contributed by atoms with Crippen molar-refractivity contribution >= 4 is 27.5 Å². The lowest BCUT2D eigenvalue weighted by atomic mass is 9.98. The zero-order chi connectivity index (χ0) is 12.0. The molecule has 0 saturated heterocycles. The summed E-state index contributed by atoms with van der Waals surface area (Å²) in [5.74, 6) is 1.76. The summed E-state index contributed by atoms with van der Waals surface area (Å²) in [4.78, 5) is 11.8. The monoisotopic (exact) mass is 293 g/mol. The number of hydrogen-bond donors (Lipinski definition) is 1. The van der Waals surface area contributed by atoms with Crippen LogP contribution in [0.2, 0.25) is 0 Å². The highest BCUT2D eigenvalue weighted by molar-refractivity contribution is 9.09. The largest absolute Gasteiger partial charge is 0.326 e. The number of aryl methyl sites for hydroxylation is 1. The lowest BCUT2D eigenvalue weighted by Gasteiger charge is -2.19. The molecule has 90 valence electrons. The third-order valence-electron chi connectivity index (χ3n) is 3.89. The van der Waals surface area contributed by atoms with Crippen molar-refractivity contribution in [2.45, 2.75) is 31.0 Å². The Morgan fingerprint density at radius 2 is 2.18 bits per heavy atom. The molecular formula is C14H16BrNO. The zero-order valence-electron chi connectivity index (χ0n) is 9.87. The number of nitrogens with one attached hydrogen (secondary N) is 1. The maximum atomic E-state index is 11.3. The first kappa shape index (κ1) is 11.3. The van der Waals surface area contributed by atoms with Crippen LogP contribution in [0.15, 0.2) is 18.2 Å². The van der Waals surface area contributed by atoms with Gasteiger partial charge in [0.2, 0.25) is 5.91 Å². The van der Waals surface area contributed by atoms with Gasteiger partial charge in [0.15, 0.2) is 0 Å². The zero-order valence-corrected chi connectivity index (χ0v) is 11.5. The molecule has 0 bridgehead atoms. The lowest BCUT2D eigenvalue weighted by molar-refractivity contribution is -0.116. The molecule has 1 fully saturated rings. The summed E-state index contributed by atoms with van der Waals surface area (Å²) in [6.45, 7) is 2.30. The van der Waals surface area contributed by atoms with Crippen molar-refractivity contribution in [3.05, 3.63) is 29.3 Å². The standard InChI is InChI=1S/C14H16BrNO/c1-8-6-11(8)14(15)10-2-4-12-9(7-10)3-5-13(17)16-12/h2,4,7-8,11,14H,3,5-6H2,1H3,(H,16,17). The molecule has 2 nitrogen and oxygen atoms in total. The van der Waals surface area contributed by atoms with Crippen LogP contribution in [0.5, 0.6) is 0 Å². The van der Waals surface area contributed by atoms with E-state index in [1.807, 2.05) is 6.07 Å². The van der Waals surface area contributed by atoms with Gasteiger partial charge in [-0.1, -0.05) is 35.0 Å². The molecule has 1 aromatic rings. The van der Waals surface area contributed by atoms with E-state index in [1.165, 1.54) is 17.5 Å². The van der Waals surface area contributed by atoms with E-state index < -0.39 is 0 Å². The molecule has 1 aromatic carbocycles. The summed E-state index contributed by atoms with van der Waals surface area (Å²) in [6, 6.07) is 6.43. The summed E-state index contributed by atoms with van der Waals surface area (Å²) in [7, 11) is 0. The van der Waals surface area contributed by atoms with Crippen LogP contribution in [-0.4, -0.2) is 5.91 Å². The molecule has 1 aliphatic carbocycles. The molecule has 1 N–H and O–H groups in total. The molecule has 3 unspecified atom stereocenters. The topological polar surface area (TPSA) is 29.1 Å². The molecule has 3 atom stereocenters. The van der Waals surface area contributed by atoms with E-state index >= 15 is 0 Å². The number of alkyl halides is 1. The van der Waals surface area contributed by atoms with E-state index in [9.17, 15) is 4.79 Å². The molecule has 1 aliphatic heterocycles. The van der Waals surface area contributed by atoms with Gasteiger partial charge in [-0.2, -0.15) is 0 Å². The summed E-state index contributed by atoms with van der Waals surface area (Å²) >= 11 is 3.81. The van der Waals surface area contributed by atoms with Crippen LogP contribution in [0, 0.1) is 11.8 Å². The van der Waals surface area contributed by atoms with Gasteiger partial charge in [0.1, 0.15) is 0 Å². The highest BCUT2D eigenvalue weighted by Gasteiger charge is 2.39. The van der Waals surface area contributed by atoms with E-state index in [-0.39, 0.29) is 5.91 Å². The van der Waals surface area contributed by atoms with Crippen LogP contribution in [-0.2, 0) is 11.2 Å². The number of rotatable bonds is 2. The third kappa shape index (κ3) is 2.13. The molecule has 2 aliphatic rings. The van der Waals surface area contributed by atoms with Crippen molar-refractivity contribution in [1.29, 1.82) is 0 Å². The Balaban J connectivity index is 1.85. The van der Waals surface area contributed by atoms with Crippen LogP contribution in [0.25, 0.3) is 0 Å². The fraction of sp³-hybridized carbons (Fsp3) is 0.500. The van der Waals surface area contributed by atoms with Crippen molar-refractivity contribution in [1.82, 2.24) is 0 Å². The first-order valence-corrected chi connectivity index (χ1v) is 7.13. The molecule has 1 saturated carbocycles. The van der Waals surface area contributed by atoms with Gasteiger partial charge < -0.3 is 5.32 Å². The number of fused-ring (bicyclic) bond motifs is 1. The smallest absolute Gasteiger partial charge is 0.224 e. The lowest BCUT2D eigenvalue weighted by Crippen LogP contribution is -2.19. The Hall–Kier alpha value is -0.830. The van der Waals surface area contributed by atoms with E-state index in [1.54, 1.807) is 0 Å². The van der Waals surface area contributed by atoms with E-state index in [4.69, 9.17) is 0 Å². The maximum absolute atomic E-state index is 11.3. The molecule has 0 aromatic heterocycles. The Morgan fingerprint density at radius 1 is 1.41 bits per heavy atom. The Kier molecular flexibility index (Phi) is 2.74. The van der Waals surface area contributed by atoms with E-state index in [2.05, 4.69) is 40.3 Å². The number of carbonyl (C=O) groups excluding carboxylic acids is 1. The number of carbonyl (C=O) groups is 1. The van der Waals surface area contributed by atoms with Gasteiger partial charge in [-0.25, -0.2) is 0 Å². The fourth-order valence-corrected chi connectivity index (χ4v) is 3.60. The van der Waals surface area contributed by atoms with Gasteiger partial charge >= 0.3 is 0 Å². The van der Waals surface area contributed by atoms with Crippen molar-refractivity contribution in [2.24, 2.45) is 11.8 Å². The first-order chi connectivity index (χ1) is 8.15. The second kappa shape index (κ2) is 4.13. The average Bonchev–Trinajstić information content (AvgIpc) is 3.05. The van der Waals surface area contributed by atoms with Gasteiger partial charge in [0, 0.05) is 16.9 Å². The fourth-order valence-electron chi connectivity index (χ4n) is 2.58. The summed E-state index contributed by atoms with van der Waals surface area (Å²) < 4.78 is 0. The van der Waals surface area contributed by atoms with Crippen molar-refractivity contribution < 1.29 is 4.79 Å². The number of halogens is 1. The first-order valence-electron chi connectivity index (χ1n) is 6.22. The Labute approximate surface area is 110 Å². The quantitative estimate of drug-likeness (QED) is 0.829. The van der Waals surface area contributed by atoms with Crippen molar-refractivity contribution in [3.8, 4) is 0 Å². The third-order valence-corrected chi connectivity index (χ3v) is 5.10. The number of amides is 1. The van der Waals surface area contributed by atoms with Gasteiger partial charge in [0.05, 0.1) is 0 Å². The van der Waals surface area contributed by atoms with E-state index in [0.717, 1.165) is 23.9 Å². The average molecular weight is 294 g/mol. The van der Waals surface area contributed by atoms with Crippen molar-refractivity contribution in [3.63, 3.8) is 0 Å². The molecule has 17 heavy (non-hydrogen) atoms. The molecule has 3 heteroatoms. The molecular weight excluding hydrogens is 278 g/mol. The van der Waals surface area contributed by atoms with Gasteiger partial charge in [-0.3, -0.25) is 4.79 Å². The summed E-state index contributed by atoms with van der Waals surface area (Å²) in [5.41, 5.74) is 3.63. The minimum atomic E-state index is 0.136. The molecule has 3 rings (SSSR count). The van der Waals surface area contributed by atoms with Crippen LogP contribution in [0.1, 0.15) is 35.7 Å². The Morgan fingerprint density at radius 3 is 2.88 bits per heavy atom. The van der Waals surface area contributed by atoms with Gasteiger partial charge in [-0.15, -0.1) is 0 Å². The predicted octanol–water partition coefficient (Wildman–Crippen LogP) is 3.66.